The molecule has 0 aliphatic rings. The Morgan fingerprint density at radius 3 is 2.78 bits per heavy atom. The van der Waals surface area contributed by atoms with Gasteiger partial charge in [-0.2, -0.15) is 0 Å². The van der Waals surface area contributed by atoms with Crippen molar-refractivity contribution in [2.45, 2.75) is 13.3 Å². The molecule has 3 rings (SSSR count). The van der Waals surface area contributed by atoms with Crippen LogP contribution >= 0.6 is 0 Å². The maximum absolute atomic E-state index is 12.1. The van der Waals surface area contributed by atoms with Crippen LogP contribution in [0.1, 0.15) is 21.5 Å². The van der Waals surface area contributed by atoms with Crippen LogP contribution < -0.4 is 10.1 Å². The lowest BCUT2D eigenvalue weighted by atomic mass is 10.1. The largest absolute Gasteiger partial charge is 0.496 e. The highest BCUT2D eigenvalue weighted by Gasteiger charge is 2.12. The molecule has 0 aliphatic heterocycles. The van der Waals surface area contributed by atoms with Crippen molar-refractivity contribution < 1.29 is 19.1 Å². The van der Waals surface area contributed by atoms with E-state index in [4.69, 9.17) is 9.47 Å². The van der Waals surface area contributed by atoms with Gasteiger partial charge in [-0.3, -0.25) is 4.79 Å². The minimum Gasteiger partial charge on any atom is -0.496 e. The van der Waals surface area contributed by atoms with Gasteiger partial charge in [-0.05, 0) is 42.7 Å². The van der Waals surface area contributed by atoms with E-state index in [0.29, 0.717) is 24.3 Å². The number of methoxy groups -OCH3 is 1. The molecule has 140 valence electrons. The summed E-state index contributed by atoms with van der Waals surface area (Å²) in [5.74, 6) is -0.282. The standard InChI is InChI=1S/C21H22N2O4/c1-14-7-8-15(11-19(14)26-2)21(25)27-13-20(24)22-10-9-16-12-23-18-6-4-3-5-17(16)18/h3-8,11-12,23H,9-10,13H2,1-2H3,(H,22,24). The SMILES string of the molecule is COc1cc(C(=O)OCC(=O)NCCc2c[nH]c3ccccc23)ccc1C. The predicted molar refractivity (Wildman–Crippen MR) is 103 cm³/mol. The second kappa shape index (κ2) is 8.40. The number of hydrogen-bond acceptors (Lipinski definition) is 4. The van der Waals surface area contributed by atoms with Gasteiger partial charge < -0.3 is 19.8 Å². The molecule has 1 amide bonds. The van der Waals surface area contributed by atoms with E-state index in [-0.39, 0.29) is 12.5 Å². The third-order valence-corrected chi connectivity index (χ3v) is 4.37. The van der Waals surface area contributed by atoms with Crippen LogP contribution in [-0.2, 0) is 16.0 Å². The fourth-order valence-electron chi connectivity index (χ4n) is 2.89. The summed E-state index contributed by atoms with van der Waals surface area (Å²) in [6.45, 7) is 2.04. The number of aromatic nitrogens is 1. The molecule has 1 heterocycles. The number of rotatable bonds is 7. The molecule has 3 aromatic rings. The summed E-state index contributed by atoms with van der Waals surface area (Å²) in [5.41, 5.74) is 3.48. The van der Waals surface area contributed by atoms with Crippen LogP contribution in [0.5, 0.6) is 5.75 Å². The van der Waals surface area contributed by atoms with Crippen molar-refractivity contribution in [2.75, 3.05) is 20.3 Å². The van der Waals surface area contributed by atoms with Gasteiger partial charge >= 0.3 is 5.97 Å². The molecular formula is C21H22N2O4. The number of aromatic amines is 1. The summed E-state index contributed by atoms with van der Waals surface area (Å²) < 4.78 is 10.3. The maximum atomic E-state index is 12.1. The van der Waals surface area contributed by atoms with Crippen molar-refractivity contribution in [3.05, 3.63) is 65.4 Å². The monoisotopic (exact) mass is 366 g/mol. The number of carbonyl (C=O) groups is 2. The Balaban J connectivity index is 1.46. The Kier molecular flexibility index (Phi) is 5.76. The highest BCUT2D eigenvalue weighted by molar-refractivity contribution is 5.92. The summed E-state index contributed by atoms with van der Waals surface area (Å²) >= 11 is 0. The first-order valence-corrected chi connectivity index (χ1v) is 8.72. The zero-order chi connectivity index (χ0) is 19.2. The van der Waals surface area contributed by atoms with Gasteiger partial charge in [-0.15, -0.1) is 0 Å². The lowest BCUT2D eigenvalue weighted by Gasteiger charge is -2.09. The number of carbonyl (C=O) groups excluding carboxylic acids is 2. The maximum Gasteiger partial charge on any atom is 0.338 e. The summed E-state index contributed by atoms with van der Waals surface area (Å²) in [6.07, 6.45) is 2.64. The first kappa shape index (κ1) is 18.5. The van der Waals surface area contributed by atoms with Gasteiger partial charge in [-0.1, -0.05) is 24.3 Å². The highest BCUT2D eigenvalue weighted by Crippen LogP contribution is 2.19. The van der Waals surface area contributed by atoms with E-state index >= 15 is 0 Å². The summed E-state index contributed by atoms with van der Waals surface area (Å²) in [7, 11) is 1.54. The number of H-pyrrole nitrogens is 1. The van der Waals surface area contributed by atoms with Crippen LogP contribution in [0.3, 0.4) is 0 Å². The van der Waals surface area contributed by atoms with Gasteiger partial charge in [0.25, 0.3) is 5.91 Å². The number of benzene rings is 2. The topological polar surface area (TPSA) is 80.4 Å². The van der Waals surface area contributed by atoms with E-state index in [1.165, 1.54) is 0 Å². The van der Waals surface area contributed by atoms with Crippen molar-refractivity contribution in [2.24, 2.45) is 0 Å². The molecule has 0 radical (unpaired) electrons. The van der Waals surface area contributed by atoms with E-state index in [0.717, 1.165) is 22.0 Å². The fraction of sp³-hybridized carbons (Fsp3) is 0.238. The Morgan fingerprint density at radius 2 is 1.96 bits per heavy atom. The third kappa shape index (κ3) is 4.47. The van der Waals surface area contributed by atoms with Crippen LogP contribution in [0.2, 0.25) is 0 Å². The van der Waals surface area contributed by atoms with E-state index in [1.54, 1.807) is 25.3 Å². The molecule has 27 heavy (non-hydrogen) atoms. The normalized spacial score (nSPS) is 10.6. The molecule has 2 aromatic carbocycles. The lowest BCUT2D eigenvalue weighted by Crippen LogP contribution is -2.30. The van der Waals surface area contributed by atoms with Crippen molar-refractivity contribution in [1.29, 1.82) is 0 Å². The predicted octanol–water partition coefficient (Wildman–Crippen LogP) is 3.00. The lowest BCUT2D eigenvalue weighted by molar-refractivity contribution is -0.124. The molecule has 0 bridgehead atoms. The minimum absolute atomic E-state index is 0.317. The van der Waals surface area contributed by atoms with Crippen LogP contribution in [-0.4, -0.2) is 37.1 Å². The zero-order valence-electron chi connectivity index (χ0n) is 15.4. The molecule has 6 nitrogen and oxygen atoms in total. The van der Waals surface area contributed by atoms with Crippen molar-refractivity contribution in [3.8, 4) is 5.75 Å². The number of ether oxygens (including phenoxy) is 2. The van der Waals surface area contributed by atoms with E-state index in [1.807, 2.05) is 37.4 Å². The van der Waals surface area contributed by atoms with Gasteiger partial charge in [0.15, 0.2) is 6.61 Å². The van der Waals surface area contributed by atoms with Crippen molar-refractivity contribution >= 4 is 22.8 Å². The molecule has 6 heteroatoms. The number of fused-ring (bicyclic) bond motifs is 1. The Morgan fingerprint density at radius 1 is 1.15 bits per heavy atom. The Hall–Kier alpha value is -3.28. The number of hydrogen-bond donors (Lipinski definition) is 2. The smallest absolute Gasteiger partial charge is 0.338 e. The summed E-state index contributed by atoms with van der Waals surface area (Å²) in [6, 6.07) is 13.0. The molecule has 2 N–H and O–H groups in total. The molecule has 0 unspecified atom stereocenters. The van der Waals surface area contributed by atoms with Crippen LogP contribution in [0.4, 0.5) is 0 Å². The second-order valence-electron chi connectivity index (χ2n) is 6.22. The van der Waals surface area contributed by atoms with Gasteiger partial charge in [0, 0.05) is 23.6 Å². The number of nitrogens with one attached hydrogen (secondary N) is 2. The van der Waals surface area contributed by atoms with Gasteiger partial charge in [0.1, 0.15) is 5.75 Å². The molecule has 0 aliphatic carbocycles. The van der Waals surface area contributed by atoms with Gasteiger partial charge in [-0.25, -0.2) is 4.79 Å². The second-order valence-corrected chi connectivity index (χ2v) is 6.22. The average Bonchev–Trinajstić information content (AvgIpc) is 3.10. The molecule has 0 spiro atoms. The van der Waals surface area contributed by atoms with Crippen molar-refractivity contribution in [3.63, 3.8) is 0 Å². The highest BCUT2D eigenvalue weighted by atomic mass is 16.5. The minimum atomic E-state index is -0.555. The van der Waals surface area contributed by atoms with E-state index in [9.17, 15) is 9.59 Å². The van der Waals surface area contributed by atoms with Crippen LogP contribution in [0, 0.1) is 6.92 Å². The van der Waals surface area contributed by atoms with E-state index < -0.39 is 5.97 Å². The summed E-state index contributed by atoms with van der Waals surface area (Å²) in [4.78, 5) is 27.2. The molecule has 0 atom stereocenters. The summed E-state index contributed by atoms with van der Waals surface area (Å²) in [5, 5.41) is 3.91. The Bertz CT molecular complexity index is 962. The van der Waals surface area contributed by atoms with Crippen LogP contribution in [0.25, 0.3) is 10.9 Å². The number of para-hydroxylation sites is 1. The average molecular weight is 366 g/mol. The number of amides is 1. The first-order valence-electron chi connectivity index (χ1n) is 8.72. The molecule has 0 fully saturated rings. The number of esters is 1. The molecular weight excluding hydrogens is 344 g/mol. The number of aryl methyl sites for hydroxylation is 1. The third-order valence-electron chi connectivity index (χ3n) is 4.37. The van der Waals surface area contributed by atoms with Gasteiger partial charge in [0.05, 0.1) is 12.7 Å². The quantitative estimate of drug-likeness (QED) is 0.630. The van der Waals surface area contributed by atoms with Crippen LogP contribution in [0.15, 0.2) is 48.7 Å². The van der Waals surface area contributed by atoms with Crippen molar-refractivity contribution in [1.82, 2.24) is 10.3 Å². The molecule has 0 saturated carbocycles. The van der Waals surface area contributed by atoms with Gasteiger partial charge in [0.2, 0.25) is 0 Å². The molecule has 1 aromatic heterocycles. The zero-order valence-corrected chi connectivity index (χ0v) is 15.4. The Labute approximate surface area is 157 Å². The fourth-order valence-corrected chi connectivity index (χ4v) is 2.89. The first-order chi connectivity index (χ1) is 13.1. The molecule has 0 saturated heterocycles. The van der Waals surface area contributed by atoms with E-state index in [2.05, 4.69) is 10.3 Å².